The van der Waals surface area contributed by atoms with E-state index < -0.39 is 17.9 Å². The van der Waals surface area contributed by atoms with Gasteiger partial charge in [0.1, 0.15) is 0 Å². The highest BCUT2D eigenvalue weighted by Gasteiger charge is 2.25. The number of benzene rings is 1. The molecule has 0 spiro atoms. The molecule has 6 nitrogen and oxygen atoms in total. The molecule has 2 aromatic rings. The minimum atomic E-state index is -0.904. The number of ether oxygens (including phenoxy) is 1. The molecular weight excluding hydrogens is 306 g/mol. The predicted molar refractivity (Wildman–Crippen MR) is 81.6 cm³/mol. The average Bonchev–Trinajstić information content (AvgIpc) is 2.92. The van der Waals surface area contributed by atoms with Crippen molar-refractivity contribution in [1.82, 2.24) is 15.5 Å². The van der Waals surface area contributed by atoms with Crippen molar-refractivity contribution in [2.45, 2.75) is 19.9 Å². The van der Waals surface area contributed by atoms with Crippen LogP contribution in [0.1, 0.15) is 34.6 Å². The van der Waals surface area contributed by atoms with Crippen molar-refractivity contribution in [2.24, 2.45) is 0 Å². The summed E-state index contributed by atoms with van der Waals surface area (Å²) >= 11 is 5.85. The number of H-pyrrole nitrogens is 1. The number of halogens is 1. The lowest BCUT2D eigenvalue weighted by molar-refractivity contribution is -0.145. The molecule has 0 saturated carbocycles. The molecule has 0 bridgehead atoms. The van der Waals surface area contributed by atoms with E-state index in [-0.39, 0.29) is 6.61 Å². The number of amides is 1. The number of nitrogens with one attached hydrogen (secondary N) is 2. The number of carbonyl (C=O) groups is 2. The lowest BCUT2D eigenvalue weighted by Crippen LogP contribution is -2.35. The number of nitrogens with zero attached hydrogens (tertiary/aromatic N) is 1. The summed E-state index contributed by atoms with van der Waals surface area (Å²) in [5, 5.41) is 9.68. The standard InChI is InChI=1S/C15H16ClN3O3/c1-3-22-15(21)13(10-4-6-11(16)7-5-10)18-14(20)12-8-17-19-9(12)2/h4-8,13H,3H2,1-2H3,(H,17,19)(H,18,20)/t13-/m1/s1. The van der Waals surface area contributed by atoms with E-state index in [2.05, 4.69) is 15.5 Å². The highest BCUT2D eigenvalue weighted by atomic mass is 35.5. The van der Waals surface area contributed by atoms with Crippen LogP contribution in [-0.4, -0.2) is 28.7 Å². The summed E-state index contributed by atoms with van der Waals surface area (Å²) in [7, 11) is 0. The quantitative estimate of drug-likeness (QED) is 0.828. The van der Waals surface area contributed by atoms with Crippen LogP contribution in [0.4, 0.5) is 0 Å². The van der Waals surface area contributed by atoms with Crippen LogP contribution in [-0.2, 0) is 9.53 Å². The first-order chi connectivity index (χ1) is 10.5. The number of hydrogen-bond acceptors (Lipinski definition) is 4. The number of carbonyl (C=O) groups excluding carboxylic acids is 2. The number of aryl methyl sites for hydroxylation is 1. The normalized spacial score (nSPS) is 11.8. The van der Waals surface area contributed by atoms with Crippen LogP contribution < -0.4 is 5.32 Å². The molecule has 0 aliphatic carbocycles. The highest BCUT2D eigenvalue weighted by Crippen LogP contribution is 2.19. The zero-order valence-corrected chi connectivity index (χ0v) is 13.0. The minimum Gasteiger partial charge on any atom is -0.464 e. The van der Waals surface area contributed by atoms with Gasteiger partial charge in [-0.3, -0.25) is 9.89 Å². The monoisotopic (exact) mass is 321 g/mol. The van der Waals surface area contributed by atoms with Gasteiger partial charge in [0.05, 0.1) is 18.4 Å². The Kier molecular flexibility index (Phi) is 5.16. The predicted octanol–water partition coefficient (Wildman–Crippen LogP) is 2.41. The van der Waals surface area contributed by atoms with Crippen molar-refractivity contribution in [3.8, 4) is 0 Å². The maximum Gasteiger partial charge on any atom is 0.333 e. The van der Waals surface area contributed by atoms with E-state index in [1.807, 2.05) is 0 Å². The third-order valence-corrected chi connectivity index (χ3v) is 3.33. The molecule has 7 heteroatoms. The van der Waals surface area contributed by atoms with E-state index in [1.165, 1.54) is 6.20 Å². The lowest BCUT2D eigenvalue weighted by atomic mass is 10.1. The number of rotatable bonds is 5. The summed E-state index contributed by atoms with van der Waals surface area (Å²) in [5.41, 5.74) is 1.59. The Hall–Kier alpha value is -2.34. The summed E-state index contributed by atoms with van der Waals surface area (Å²) in [5.74, 6) is -0.932. The van der Waals surface area contributed by atoms with Crippen LogP contribution in [0.25, 0.3) is 0 Å². The van der Waals surface area contributed by atoms with Gasteiger partial charge in [0, 0.05) is 10.7 Å². The Labute approximate surface area is 132 Å². The van der Waals surface area contributed by atoms with E-state index in [0.29, 0.717) is 21.8 Å². The topological polar surface area (TPSA) is 84.1 Å². The Bertz CT molecular complexity index is 667. The van der Waals surface area contributed by atoms with Gasteiger partial charge in [0.25, 0.3) is 5.91 Å². The molecule has 0 aliphatic heterocycles. The van der Waals surface area contributed by atoms with Gasteiger partial charge in [-0.15, -0.1) is 0 Å². The Morgan fingerprint density at radius 3 is 2.59 bits per heavy atom. The Balaban J connectivity index is 2.25. The van der Waals surface area contributed by atoms with Crippen LogP contribution in [0.3, 0.4) is 0 Å². The van der Waals surface area contributed by atoms with Crippen LogP contribution >= 0.6 is 11.6 Å². The molecule has 22 heavy (non-hydrogen) atoms. The van der Waals surface area contributed by atoms with Crippen LogP contribution in [0.2, 0.25) is 5.02 Å². The van der Waals surface area contributed by atoms with Gasteiger partial charge in [0.15, 0.2) is 6.04 Å². The van der Waals surface area contributed by atoms with E-state index in [1.54, 1.807) is 38.1 Å². The van der Waals surface area contributed by atoms with Crippen LogP contribution in [0, 0.1) is 6.92 Å². The smallest absolute Gasteiger partial charge is 0.333 e. The molecule has 0 unspecified atom stereocenters. The van der Waals surface area contributed by atoms with Gasteiger partial charge in [-0.05, 0) is 31.5 Å². The molecule has 2 rings (SSSR count). The molecule has 0 aliphatic rings. The van der Waals surface area contributed by atoms with Crippen molar-refractivity contribution < 1.29 is 14.3 Å². The molecule has 0 saturated heterocycles. The number of hydrogen-bond donors (Lipinski definition) is 2. The second-order valence-corrected chi connectivity index (χ2v) is 5.06. The summed E-state index contributed by atoms with van der Waals surface area (Å²) < 4.78 is 5.03. The summed E-state index contributed by atoms with van der Waals surface area (Å²) in [4.78, 5) is 24.4. The summed E-state index contributed by atoms with van der Waals surface area (Å²) in [6.45, 7) is 3.66. The first-order valence-corrected chi connectivity index (χ1v) is 7.13. The van der Waals surface area contributed by atoms with Crippen molar-refractivity contribution in [2.75, 3.05) is 6.61 Å². The molecular formula is C15H16ClN3O3. The van der Waals surface area contributed by atoms with Gasteiger partial charge < -0.3 is 10.1 Å². The fraction of sp³-hybridized carbons (Fsp3) is 0.267. The molecule has 1 heterocycles. The molecule has 2 N–H and O–H groups in total. The highest BCUT2D eigenvalue weighted by molar-refractivity contribution is 6.30. The molecule has 1 aromatic carbocycles. The minimum absolute atomic E-state index is 0.226. The molecule has 0 fully saturated rings. The fourth-order valence-electron chi connectivity index (χ4n) is 1.95. The first kappa shape index (κ1) is 16.0. The van der Waals surface area contributed by atoms with Gasteiger partial charge in [-0.1, -0.05) is 23.7 Å². The summed E-state index contributed by atoms with van der Waals surface area (Å²) in [6, 6.07) is 5.74. The first-order valence-electron chi connectivity index (χ1n) is 6.76. The molecule has 1 atom stereocenters. The van der Waals surface area contributed by atoms with E-state index >= 15 is 0 Å². The van der Waals surface area contributed by atoms with Crippen LogP contribution in [0.15, 0.2) is 30.5 Å². The lowest BCUT2D eigenvalue weighted by Gasteiger charge is -2.17. The Morgan fingerprint density at radius 2 is 2.05 bits per heavy atom. The van der Waals surface area contributed by atoms with Crippen molar-refractivity contribution in [3.05, 3.63) is 52.3 Å². The Morgan fingerprint density at radius 1 is 1.36 bits per heavy atom. The van der Waals surface area contributed by atoms with Gasteiger partial charge >= 0.3 is 5.97 Å². The van der Waals surface area contributed by atoms with Crippen LogP contribution in [0.5, 0.6) is 0 Å². The van der Waals surface area contributed by atoms with Gasteiger partial charge in [-0.2, -0.15) is 5.10 Å². The summed E-state index contributed by atoms with van der Waals surface area (Å²) in [6.07, 6.45) is 1.41. The fourth-order valence-corrected chi connectivity index (χ4v) is 2.07. The molecule has 1 aromatic heterocycles. The number of aromatic amines is 1. The third kappa shape index (κ3) is 3.65. The molecule has 0 radical (unpaired) electrons. The van der Waals surface area contributed by atoms with E-state index in [0.717, 1.165) is 0 Å². The van der Waals surface area contributed by atoms with Gasteiger partial charge in [0.2, 0.25) is 0 Å². The number of aromatic nitrogens is 2. The second kappa shape index (κ2) is 7.09. The van der Waals surface area contributed by atoms with Crippen molar-refractivity contribution in [1.29, 1.82) is 0 Å². The second-order valence-electron chi connectivity index (χ2n) is 4.62. The van der Waals surface area contributed by atoms with Crippen molar-refractivity contribution >= 4 is 23.5 Å². The van der Waals surface area contributed by atoms with E-state index in [4.69, 9.17) is 16.3 Å². The number of esters is 1. The van der Waals surface area contributed by atoms with Gasteiger partial charge in [-0.25, -0.2) is 4.79 Å². The molecule has 1 amide bonds. The average molecular weight is 322 g/mol. The van der Waals surface area contributed by atoms with E-state index in [9.17, 15) is 9.59 Å². The third-order valence-electron chi connectivity index (χ3n) is 3.08. The largest absolute Gasteiger partial charge is 0.464 e. The zero-order chi connectivity index (χ0) is 16.1. The maximum atomic E-state index is 12.3. The zero-order valence-electron chi connectivity index (χ0n) is 12.2. The SMILES string of the molecule is CCOC(=O)[C@H](NC(=O)c1cn[nH]c1C)c1ccc(Cl)cc1. The van der Waals surface area contributed by atoms with Crippen molar-refractivity contribution in [3.63, 3.8) is 0 Å². The molecule has 116 valence electrons. The maximum absolute atomic E-state index is 12.3.